The fraction of sp³-hybridized carbons (Fsp3) is 0.280. The SMILES string of the molecule is COC(=O)c1cc(-c2cc3ccc2CCc2ccc(cc2)CC3)n(C)c1C(=O)OC. The Morgan fingerprint density at radius 1 is 0.767 bits per heavy atom. The Morgan fingerprint density at radius 2 is 1.33 bits per heavy atom. The molecule has 4 bridgehead atoms. The van der Waals surface area contributed by atoms with Crippen molar-refractivity contribution in [1.29, 1.82) is 0 Å². The molecule has 0 atom stereocenters. The van der Waals surface area contributed by atoms with E-state index >= 15 is 0 Å². The van der Waals surface area contributed by atoms with Crippen LogP contribution in [0.3, 0.4) is 0 Å². The number of methoxy groups -OCH3 is 2. The Balaban J connectivity index is 1.85. The van der Waals surface area contributed by atoms with Gasteiger partial charge in [-0.15, -0.1) is 0 Å². The molecule has 0 saturated heterocycles. The van der Waals surface area contributed by atoms with Crippen LogP contribution in [0.25, 0.3) is 11.3 Å². The smallest absolute Gasteiger partial charge is 0.355 e. The zero-order chi connectivity index (χ0) is 21.3. The minimum absolute atomic E-state index is 0.201. The lowest BCUT2D eigenvalue weighted by atomic mass is 9.92. The molecule has 0 fully saturated rings. The van der Waals surface area contributed by atoms with Crippen LogP contribution in [-0.2, 0) is 42.2 Å². The first-order valence-corrected chi connectivity index (χ1v) is 10.1. The molecule has 4 aliphatic carbocycles. The van der Waals surface area contributed by atoms with Gasteiger partial charge in [0.2, 0.25) is 0 Å². The van der Waals surface area contributed by atoms with Gasteiger partial charge in [0, 0.05) is 18.3 Å². The van der Waals surface area contributed by atoms with Crippen molar-refractivity contribution in [2.75, 3.05) is 14.2 Å². The summed E-state index contributed by atoms with van der Waals surface area (Å²) in [6, 6.07) is 17.1. The van der Waals surface area contributed by atoms with E-state index in [1.807, 2.05) is 0 Å². The molecule has 5 nitrogen and oxygen atoms in total. The van der Waals surface area contributed by atoms with Gasteiger partial charge >= 0.3 is 11.9 Å². The number of benzene rings is 2. The summed E-state index contributed by atoms with van der Waals surface area (Å²) in [5, 5.41) is 0. The van der Waals surface area contributed by atoms with Crippen molar-refractivity contribution in [2.24, 2.45) is 7.05 Å². The van der Waals surface area contributed by atoms with Crippen molar-refractivity contribution in [2.45, 2.75) is 25.7 Å². The number of ether oxygens (including phenoxy) is 2. The standard InChI is InChI=1S/C25H25NO4/c1-26-22(15-21(24(27)29-2)23(26)25(28)30-3)20-14-18-9-8-16-4-6-17(7-5-16)10-12-19(20)13-11-18/h4-7,11,13-15H,8-10,12H2,1-3H3. The number of hydrogen-bond donors (Lipinski definition) is 0. The number of nitrogens with zero attached hydrogens (tertiary/aromatic N) is 1. The molecule has 1 heterocycles. The fourth-order valence-corrected chi connectivity index (χ4v) is 4.15. The molecule has 30 heavy (non-hydrogen) atoms. The quantitative estimate of drug-likeness (QED) is 0.617. The highest BCUT2D eigenvalue weighted by molar-refractivity contribution is 6.04. The van der Waals surface area contributed by atoms with Gasteiger partial charge in [0.15, 0.2) is 0 Å². The highest BCUT2D eigenvalue weighted by Gasteiger charge is 2.26. The predicted molar refractivity (Wildman–Crippen MR) is 115 cm³/mol. The zero-order valence-electron chi connectivity index (χ0n) is 17.5. The van der Waals surface area contributed by atoms with Crippen LogP contribution in [0.1, 0.15) is 43.1 Å². The number of rotatable bonds is 3. The summed E-state index contributed by atoms with van der Waals surface area (Å²) in [4.78, 5) is 24.8. The molecule has 0 amide bonds. The summed E-state index contributed by atoms with van der Waals surface area (Å²) in [7, 11) is 4.41. The molecular weight excluding hydrogens is 378 g/mol. The van der Waals surface area contributed by atoms with Gasteiger partial charge in [-0.3, -0.25) is 0 Å². The van der Waals surface area contributed by atoms with Crippen LogP contribution < -0.4 is 0 Å². The Morgan fingerprint density at radius 3 is 1.97 bits per heavy atom. The third kappa shape index (κ3) is 3.63. The Hall–Kier alpha value is -3.34. The Kier molecular flexibility index (Phi) is 5.44. The molecule has 0 unspecified atom stereocenters. The molecule has 0 N–H and O–H groups in total. The highest BCUT2D eigenvalue weighted by atomic mass is 16.5. The van der Waals surface area contributed by atoms with Crippen LogP contribution in [0.15, 0.2) is 48.5 Å². The van der Waals surface area contributed by atoms with Gasteiger partial charge in [0.25, 0.3) is 0 Å². The molecule has 0 saturated carbocycles. The number of aryl methyl sites for hydroxylation is 4. The molecular formula is C25H25NO4. The molecule has 0 radical (unpaired) electrons. The minimum atomic E-state index is -0.559. The number of aromatic nitrogens is 1. The first kappa shape index (κ1) is 20.0. The largest absolute Gasteiger partial charge is 0.465 e. The van der Waals surface area contributed by atoms with Crippen molar-refractivity contribution in [1.82, 2.24) is 4.57 Å². The van der Waals surface area contributed by atoms with E-state index in [9.17, 15) is 9.59 Å². The van der Waals surface area contributed by atoms with E-state index in [0.717, 1.165) is 36.9 Å². The highest BCUT2D eigenvalue weighted by Crippen LogP contribution is 2.31. The van der Waals surface area contributed by atoms with Crippen molar-refractivity contribution in [3.05, 3.63) is 82.0 Å². The average molecular weight is 403 g/mol. The summed E-state index contributed by atoms with van der Waals surface area (Å²) in [5.41, 5.74) is 7.27. The van der Waals surface area contributed by atoms with Crippen molar-refractivity contribution >= 4 is 11.9 Å². The summed E-state index contributed by atoms with van der Waals surface area (Å²) in [6.07, 6.45) is 3.67. The number of hydrogen-bond acceptors (Lipinski definition) is 4. The maximum atomic E-state index is 12.4. The first-order valence-electron chi connectivity index (χ1n) is 10.1. The van der Waals surface area contributed by atoms with E-state index in [0.29, 0.717) is 0 Å². The van der Waals surface area contributed by atoms with E-state index in [2.05, 4.69) is 42.5 Å². The first-order chi connectivity index (χ1) is 14.5. The van der Waals surface area contributed by atoms with Crippen LogP contribution in [-0.4, -0.2) is 30.7 Å². The van der Waals surface area contributed by atoms with Crippen LogP contribution in [0.4, 0.5) is 0 Å². The summed E-state index contributed by atoms with van der Waals surface area (Å²) < 4.78 is 11.6. The van der Waals surface area contributed by atoms with Crippen LogP contribution in [0.5, 0.6) is 0 Å². The normalized spacial score (nSPS) is 12.9. The summed E-state index contributed by atoms with van der Waals surface area (Å²) in [5.74, 6) is -1.11. The van der Waals surface area contributed by atoms with Gasteiger partial charge in [-0.2, -0.15) is 0 Å². The second kappa shape index (κ2) is 8.19. The molecule has 154 valence electrons. The molecule has 0 spiro atoms. The van der Waals surface area contributed by atoms with Crippen LogP contribution >= 0.6 is 0 Å². The van der Waals surface area contributed by atoms with Gasteiger partial charge < -0.3 is 14.0 Å². The van der Waals surface area contributed by atoms with Gasteiger partial charge in [0.05, 0.1) is 19.8 Å². The second-order valence-corrected chi connectivity index (χ2v) is 7.64. The van der Waals surface area contributed by atoms with Crippen LogP contribution in [0.2, 0.25) is 0 Å². The third-order valence-electron chi connectivity index (χ3n) is 5.88. The monoisotopic (exact) mass is 403 g/mol. The molecule has 5 heteroatoms. The minimum Gasteiger partial charge on any atom is -0.465 e. The molecule has 7 rings (SSSR count). The summed E-state index contributed by atoms with van der Waals surface area (Å²) >= 11 is 0. The van der Waals surface area contributed by atoms with Crippen molar-refractivity contribution in [3.8, 4) is 11.3 Å². The zero-order valence-corrected chi connectivity index (χ0v) is 17.5. The second-order valence-electron chi connectivity index (χ2n) is 7.64. The van der Waals surface area contributed by atoms with E-state index in [4.69, 9.17) is 9.47 Å². The lowest BCUT2D eigenvalue weighted by Crippen LogP contribution is -2.14. The Labute approximate surface area is 176 Å². The summed E-state index contributed by atoms with van der Waals surface area (Å²) in [6.45, 7) is 0. The van der Waals surface area contributed by atoms with E-state index < -0.39 is 11.9 Å². The number of carbonyl (C=O) groups is 2. The number of carbonyl (C=O) groups excluding carboxylic acids is 2. The maximum absolute atomic E-state index is 12.4. The third-order valence-corrected chi connectivity index (χ3v) is 5.88. The predicted octanol–water partition coefficient (Wildman–Crippen LogP) is 4.15. The molecule has 0 aliphatic heterocycles. The number of esters is 2. The van der Waals surface area contributed by atoms with Crippen molar-refractivity contribution < 1.29 is 19.1 Å². The van der Waals surface area contributed by atoms with Crippen molar-refractivity contribution in [3.63, 3.8) is 0 Å². The topological polar surface area (TPSA) is 57.5 Å². The van der Waals surface area contributed by atoms with Gasteiger partial charge in [-0.1, -0.05) is 36.4 Å². The molecule has 3 aromatic rings. The lowest BCUT2D eigenvalue weighted by Gasteiger charge is -2.15. The van der Waals surface area contributed by atoms with E-state index in [1.165, 1.54) is 36.5 Å². The fourth-order valence-electron chi connectivity index (χ4n) is 4.15. The van der Waals surface area contributed by atoms with Gasteiger partial charge in [0.1, 0.15) is 5.69 Å². The molecule has 1 aromatic heterocycles. The van der Waals surface area contributed by atoms with E-state index in [1.54, 1.807) is 17.7 Å². The lowest BCUT2D eigenvalue weighted by molar-refractivity contribution is 0.0548. The maximum Gasteiger partial charge on any atom is 0.355 e. The van der Waals surface area contributed by atoms with E-state index in [-0.39, 0.29) is 11.3 Å². The van der Waals surface area contributed by atoms with Gasteiger partial charge in [-0.25, -0.2) is 9.59 Å². The average Bonchev–Trinajstić information content (AvgIpc) is 3.11. The van der Waals surface area contributed by atoms with Gasteiger partial charge in [-0.05, 0) is 60.1 Å². The molecule has 4 aliphatic rings. The van der Waals surface area contributed by atoms with Crippen LogP contribution in [0, 0.1) is 0 Å². The molecule has 2 aromatic carbocycles. The Bertz CT molecular complexity index is 1110.